The van der Waals surface area contributed by atoms with Crippen molar-refractivity contribution in [1.29, 1.82) is 0 Å². The van der Waals surface area contributed by atoms with Gasteiger partial charge in [0, 0.05) is 5.69 Å². The van der Waals surface area contributed by atoms with E-state index in [0.717, 1.165) is 17.1 Å². The Morgan fingerprint density at radius 2 is 2.09 bits per heavy atom. The summed E-state index contributed by atoms with van der Waals surface area (Å²) in [5.41, 5.74) is 3.29. The van der Waals surface area contributed by atoms with E-state index in [1.807, 2.05) is 25.2 Å². The quantitative estimate of drug-likeness (QED) is 0.573. The van der Waals surface area contributed by atoms with Crippen molar-refractivity contribution in [3.63, 3.8) is 0 Å². The Morgan fingerprint density at radius 3 is 2.73 bits per heavy atom. The maximum absolute atomic E-state index is 5.20. The van der Waals surface area contributed by atoms with E-state index in [9.17, 15) is 0 Å². The number of aromatic nitrogens is 2. The van der Waals surface area contributed by atoms with Crippen LogP contribution >= 0.6 is 0 Å². The van der Waals surface area contributed by atoms with Gasteiger partial charge in [0.1, 0.15) is 6.26 Å². The average Bonchev–Trinajstić information content (AvgIpc) is 2.41. The van der Waals surface area contributed by atoms with Crippen LogP contribution in [0.5, 0.6) is 0 Å². The molecule has 0 amide bonds. The number of rotatable bonds is 0. The Morgan fingerprint density at radius 1 is 1.36 bits per heavy atom. The van der Waals surface area contributed by atoms with Crippen molar-refractivity contribution in [2.24, 2.45) is 0 Å². The molecule has 0 aromatic carbocycles. The second kappa shape index (κ2) is 1.87. The SMILES string of the molecule is Cc1nc2occ(C)n2c1C. The zero-order chi connectivity index (χ0) is 8.01. The van der Waals surface area contributed by atoms with Gasteiger partial charge >= 0.3 is 5.84 Å². The second-order valence-corrected chi connectivity index (χ2v) is 2.78. The zero-order valence-corrected chi connectivity index (χ0v) is 6.88. The van der Waals surface area contributed by atoms with Crippen molar-refractivity contribution in [2.75, 3.05) is 0 Å². The molecule has 0 spiro atoms. The first kappa shape index (κ1) is 6.46. The molecule has 0 N–H and O–H groups in total. The summed E-state index contributed by atoms with van der Waals surface area (Å²) in [5.74, 6) is 0.692. The lowest BCUT2D eigenvalue weighted by atomic mass is 10.4. The molecule has 0 aliphatic carbocycles. The number of fused-ring (bicyclic) bond motifs is 1. The number of imidazole rings is 1. The minimum absolute atomic E-state index is 0.692. The van der Waals surface area contributed by atoms with Crippen LogP contribution in [0.1, 0.15) is 17.1 Å². The highest BCUT2D eigenvalue weighted by Crippen LogP contribution is 2.14. The second-order valence-electron chi connectivity index (χ2n) is 2.78. The summed E-state index contributed by atoms with van der Waals surface area (Å²) in [6, 6.07) is 0. The van der Waals surface area contributed by atoms with Crippen LogP contribution in [0.15, 0.2) is 10.7 Å². The van der Waals surface area contributed by atoms with Gasteiger partial charge in [-0.05, 0) is 20.8 Å². The minimum Gasteiger partial charge on any atom is -0.431 e. The number of aryl methyl sites for hydroxylation is 3. The van der Waals surface area contributed by atoms with Crippen LogP contribution in [-0.2, 0) is 0 Å². The molecule has 0 aliphatic rings. The molecule has 0 unspecified atom stereocenters. The van der Waals surface area contributed by atoms with Gasteiger partial charge in [0.15, 0.2) is 0 Å². The highest BCUT2D eigenvalue weighted by Gasteiger charge is 2.08. The molecule has 2 rings (SSSR count). The Hall–Kier alpha value is -1.25. The molecule has 0 bridgehead atoms. The molecule has 3 heteroatoms. The summed E-state index contributed by atoms with van der Waals surface area (Å²) in [6.45, 7) is 6.03. The van der Waals surface area contributed by atoms with E-state index in [4.69, 9.17) is 4.42 Å². The summed E-state index contributed by atoms with van der Waals surface area (Å²) in [6.07, 6.45) is 1.72. The molecule has 0 fully saturated rings. The molecular formula is C8H10N2O. The van der Waals surface area contributed by atoms with E-state index < -0.39 is 0 Å². The van der Waals surface area contributed by atoms with Crippen molar-refractivity contribution in [3.8, 4) is 0 Å². The fraction of sp³-hybridized carbons (Fsp3) is 0.375. The molecule has 11 heavy (non-hydrogen) atoms. The fourth-order valence-corrected chi connectivity index (χ4v) is 1.26. The summed E-state index contributed by atoms with van der Waals surface area (Å²) in [5, 5.41) is 0. The molecule has 2 heterocycles. The fourth-order valence-electron chi connectivity index (χ4n) is 1.26. The molecule has 0 atom stereocenters. The van der Waals surface area contributed by atoms with Gasteiger partial charge in [-0.25, -0.2) is 0 Å². The monoisotopic (exact) mass is 150 g/mol. The van der Waals surface area contributed by atoms with E-state index in [1.165, 1.54) is 0 Å². The van der Waals surface area contributed by atoms with Gasteiger partial charge in [-0.2, -0.15) is 4.98 Å². The maximum atomic E-state index is 5.20. The van der Waals surface area contributed by atoms with Gasteiger partial charge in [-0.3, -0.25) is 4.40 Å². The van der Waals surface area contributed by atoms with Gasteiger partial charge in [-0.15, -0.1) is 0 Å². The van der Waals surface area contributed by atoms with Crippen molar-refractivity contribution >= 4 is 5.84 Å². The third-order valence-corrected chi connectivity index (χ3v) is 2.00. The predicted molar refractivity (Wildman–Crippen MR) is 41.7 cm³/mol. The van der Waals surface area contributed by atoms with Crippen molar-refractivity contribution < 1.29 is 4.42 Å². The van der Waals surface area contributed by atoms with Gasteiger partial charge in [-0.1, -0.05) is 0 Å². The van der Waals surface area contributed by atoms with E-state index in [2.05, 4.69) is 4.98 Å². The summed E-state index contributed by atoms with van der Waals surface area (Å²) in [7, 11) is 0. The van der Waals surface area contributed by atoms with Crippen LogP contribution in [0.3, 0.4) is 0 Å². The van der Waals surface area contributed by atoms with Crippen LogP contribution in [0.25, 0.3) is 5.84 Å². The van der Waals surface area contributed by atoms with Gasteiger partial charge < -0.3 is 4.42 Å². The van der Waals surface area contributed by atoms with Crippen molar-refractivity contribution in [3.05, 3.63) is 23.3 Å². The molecular weight excluding hydrogens is 140 g/mol. The van der Waals surface area contributed by atoms with Gasteiger partial charge in [0.25, 0.3) is 0 Å². The maximum Gasteiger partial charge on any atom is 0.306 e. The number of hydrogen-bond acceptors (Lipinski definition) is 2. The predicted octanol–water partition coefficient (Wildman–Crippen LogP) is 1.85. The smallest absolute Gasteiger partial charge is 0.306 e. The lowest BCUT2D eigenvalue weighted by Crippen LogP contribution is -1.86. The molecule has 2 aromatic heterocycles. The highest BCUT2D eigenvalue weighted by molar-refractivity contribution is 5.33. The van der Waals surface area contributed by atoms with E-state index in [-0.39, 0.29) is 0 Å². The Kier molecular flexibility index (Phi) is 1.10. The first-order valence-electron chi connectivity index (χ1n) is 3.60. The number of hydrogen-bond donors (Lipinski definition) is 0. The number of nitrogens with zero attached hydrogens (tertiary/aromatic N) is 2. The Balaban J connectivity index is 2.95. The van der Waals surface area contributed by atoms with Crippen molar-refractivity contribution in [1.82, 2.24) is 9.38 Å². The molecule has 0 aliphatic heterocycles. The Labute approximate surface area is 64.7 Å². The lowest BCUT2D eigenvalue weighted by Gasteiger charge is -1.90. The first-order chi connectivity index (χ1) is 5.20. The molecule has 58 valence electrons. The zero-order valence-electron chi connectivity index (χ0n) is 6.88. The van der Waals surface area contributed by atoms with Gasteiger partial charge in [0.2, 0.25) is 0 Å². The topological polar surface area (TPSA) is 30.4 Å². The summed E-state index contributed by atoms with van der Waals surface area (Å²) in [4.78, 5) is 4.23. The Bertz CT molecular complexity index is 397. The van der Waals surface area contributed by atoms with E-state index in [0.29, 0.717) is 5.84 Å². The highest BCUT2D eigenvalue weighted by atomic mass is 16.3. The summed E-state index contributed by atoms with van der Waals surface area (Å²) < 4.78 is 7.21. The van der Waals surface area contributed by atoms with Crippen LogP contribution < -0.4 is 0 Å². The summed E-state index contributed by atoms with van der Waals surface area (Å²) >= 11 is 0. The van der Waals surface area contributed by atoms with E-state index in [1.54, 1.807) is 6.26 Å². The molecule has 0 radical (unpaired) electrons. The third-order valence-electron chi connectivity index (χ3n) is 2.00. The molecule has 0 saturated heterocycles. The molecule has 3 nitrogen and oxygen atoms in total. The normalized spacial score (nSPS) is 11.2. The van der Waals surface area contributed by atoms with Crippen LogP contribution in [0.2, 0.25) is 0 Å². The van der Waals surface area contributed by atoms with Crippen molar-refractivity contribution in [2.45, 2.75) is 20.8 Å². The standard InChI is InChI=1S/C8H10N2O/c1-5-4-11-8-9-6(2)7(3)10(5)8/h4H,1-3H3. The average molecular weight is 150 g/mol. The van der Waals surface area contributed by atoms with Crippen LogP contribution in [0, 0.1) is 20.8 Å². The first-order valence-corrected chi connectivity index (χ1v) is 3.60. The van der Waals surface area contributed by atoms with Crippen LogP contribution in [0.4, 0.5) is 0 Å². The minimum atomic E-state index is 0.692. The molecule has 0 saturated carbocycles. The lowest BCUT2D eigenvalue weighted by molar-refractivity contribution is 0.594. The van der Waals surface area contributed by atoms with Gasteiger partial charge in [0.05, 0.1) is 11.4 Å². The number of oxazole rings is 1. The third kappa shape index (κ3) is 0.707. The largest absolute Gasteiger partial charge is 0.431 e. The molecule has 2 aromatic rings. The van der Waals surface area contributed by atoms with E-state index >= 15 is 0 Å². The van der Waals surface area contributed by atoms with Crippen LogP contribution in [-0.4, -0.2) is 9.38 Å².